The number of amides is 4. The molecule has 1 atom stereocenters. The summed E-state index contributed by atoms with van der Waals surface area (Å²) in [6.07, 6.45) is 0.888. The van der Waals surface area contributed by atoms with Gasteiger partial charge in [0.25, 0.3) is 0 Å². The van der Waals surface area contributed by atoms with Crippen molar-refractivity contribution < 1.29 is 14.4 Å². The van der Waals surface area contributed by atoms with Gasteiger partial charge in [-0.25, -0.2) is 9.78 Å². The minimum atomic E-state index is -0.767. The van der Waals surface area contributed by atoms with Crippen LogP contribution in [0.2, 0.25) is 0 Å². The second kappa shape index (κ2) is 10.3. The molecule has 0 aliphatic carbocycles. The molecule has 1 saturated heterocycles. The third kappa shape index (κ3) is 5.51. The van der Waals surface area contributed by atoms with Gasteiger partial charge in [-0.15, -0.1) is 11.3 Å². The highest BCUT2D eigenvalue weighted by molar-refractivity contribution is 7.14. The number of nitrogens with one attached hydrogen (secondary N) is 3. The lowest BCUT2D eigenvalue weighted by molar-refractivity contribution is -0.136. The minimum absolute atomic E-state index is 0.112. The molecule has 0 bridgehead atoms. The minimum Gasteiger partial charge on any atom is -0.341 e. The molecule has 2 heterocycles. The van der Waals surface area contributed by atoms with Crippen LogP contribution >= 0.6 is 11.3 Å². The predicted octanol–water partition coefficient (Wildman–Crippen LogP) is 4.20. The van der Waals surface area contributed by atoms with E-state index in [1.807, 2.05) is 60.0 Å². The number of hydrogen-bond acceptors (Lipinski definition) is 5. The van der Waals surface area contributed by atoms with E-state index in [2.05, 4.69) is 34.8 Å². The molecule has 0 spiro atoms. The summed E-state index contributed by atoms with van der Waals surface area (Å²) < 4.78 is 0. The molecule has 182 valence electrons. The van der Waals surface area contributed by atoms with Crippen LogP contribution in [0.15, 0.2) is 60.0 Å². The van der Waals surface area contributed by atoms with E-state index in [1.165, 1.54) is 11.3 Å². The Labute approximate surface area is 208 Å². The van der Waals surface area contributed by atoms with E-state index in [1.54, 1.807) is 11.8 Å². The number of hydrogen-bond donors (Lipinski definition) is 3. The third-order valence-corrected chi connectivity index (χ3v) is 6.96. The molecule has 9 heteroatoms. The Morgan fingerprint density at radius 1 is 1.09 bits per heavy atom. The molecule has 2 aromatic carbocycles. The number of carbonyl (C=O) groups excluding carboxylic acids is 3. The predicted molar refractivity (Wildman–Crippen MR) is 138 cm³/mol. The van der Waals surface area contributed by atoms with Crippen molar-refractivity contribution in [3.05, 3.63) is 76.8 Å². The maximum atomic E-state index is 12.5. The molecular weight excluding hydrogens is 462 g/mol. The van der Waals surface area contributed by atoms with Gasteiger partial charge in [0.05, 0.1) is 11.7 Å². The molecule has 1 aliphatic heterocycles. The molecule has 35 heavy (non-hydrogen) atoms. The summed E-state index contributed by atoms with van der Waals surface area (Å²) in [7, 11) is 0. The number of anilines is 2. The molecule has 1 aromatic heterocycles. The van der Waals surface area contributed by atoms with Gasteiger partial charge in [0, 0.05) is 29.6 Å². The van der Waals surface area contributed by atoms with Crippen molar-refractivity contribution in [3.63, 3.8) is 0 Å². The van der Waals surface area contributed by atoms with E-state index in [-0.39, 0.29) is 17.5 Å². The molecule has 8 nitrogen and oxygen atoms in total. The standard InChI is InChI=1S/C26H29N5O3S/c1-17(18-10-12-20(13-11-18)31-15-7-14-27-25(31)34)28-22(32)23(33)30-24-29-21(16-35-24)26(2,3)19-8-5-4-6-9-19/h4-6,8-13,16-17H,7,14-15H2,1-3H3,(H,27,34)(H,28,32)(H,29,30,33). The fraction of sp³-hybridized carbons (Fsp3) is 0.308. The number of aromatic nitrogens is 1. The van der Waals surface area contributed by atoms with Gasteiger partial charge in [0.2, 0.25) is 0 Å². The van der Waals surface area contributed by atoms with E-state index in [0.29, 0.717) is 18.2 Å². The lowest BCUT2D eigenvalue weighted by atomic mass is 9.82. The van der Waals surface area contributed by atoms with E-state index < -0.39 is 11.8 Å². The van der Waals surface area contributed by atoms with Crippen LogP contribution in [0.1, 0.15) is 50.1 Å². The molecule has 3 aromatic rings. The second-order valence-electron chi connectivity index (χ2n) is 9.01. The Kier molecular flexibility index (Phi) is 7.16. The van der Waals surface area contributed by atoms with Crippen molar-refractivity contribution >= 4 is 40.0 Å². The number of rotatable bonds is 6. The summed E-state index contributed by atoms with van der Waals surface area (Å²) in [6.45, 7) is 7.29. The zero-order valence-electron chi connectivity index (χ0n) is 20.0. The number of thiazole rings is 1. The lowest BCUT2D eigenvalue weighted by Gasteiger charge is -2.27. The number of urea groups is 1. The average Bonchev–Trinajstić information content (AvgIpc) is 3.34. The Morgan fingerprint density at radius 2 is 1.80 bits per heavy atom. The van der Waals surface area contributed by atoms with Gasteiger partial charge < -0.3 is 10.6 Å². The Morgan fingerprint density at radius 3 is 2.49 bits per heavy atom. The summed E-state index contributed by atoms with van der Waals surface area (Å²) in [6, 6.07) is 16.9. The molecule has 4 amide bonds. The zero-order chi connectivity index (χ0) is 25.0. The number of benzene rings is 2. The van der Waals surface area contributed by atoms with Crippen molar-refractivity contribution in [2.45, 2.75) is 38.6 Å². The quantitative estimate of drug-likeness (QED) is 0.450. The molecule has 3 N–H and O–H groups in total. The summed E-state index contributed by atoms with van der Waals surface area (Å²) in [5.74, 6) is -1.51. The van der Waals surface area contributed by atoms with Crippen molar-refractivity contribution in [2.75, 3.05) is 23.3 Å². The monoisotopic (exact) mass is 491 g/mol. The molecule has 1 aliphatic rings. The molecular formula is C26H29N5O3S. The SMILES string of the molecule is CC(NC(=O)C(=O)Nc1nc(C(C)(C)c2ccccc2)cs1)c1ccc(N2CCCNC2=O)cc1. The van der Waals surface area contributed by atoms with Gasteiger partial charge in [0.1, 0.15) is 0 Å². The van der Waals surface area contributed by atoms with Crippen LogP contribution in [0.5, 0.6) is 0 Å². The van der Waals surface area contributed by atoms with Gasteiger partial charge in [0.15, 0.2) is 5.13 Å². The van der Waals surface area contributed by atoms with E-state index in [4.69, 9.17) is 0 Å². The van der Waals surface area contributed by atoms with Crippen molar-refractivity contribution in [3.8, 4) is 0 Å². The van der Waals surface area contributed by atoms with Crippen LogP contribution in [-0.4, -0.2) is 35.9 Å². The Bertz CT molecular complexity index is 1210. The summed E-state index contributed by atoms with van der Waals surface area (Å²) in [4.78, 5) is 43.3. The van der Waals surface area contributed by atoms with Crippen molar-refractivity contribution in [1.29, 1.82) is 0 Å². The van der Waals surface area contributed by atoms with Gasteiger partial charge in [-0.2, -0.15) is 0 Å². The Hall–Kier alpha value is -3.72. The Balaban J connectivity index is 1.35. The highest BCUT2D eigenvalue weighted by Crippen LogP contribution is 2.33. The fourth-order valence-corrected chi connectivity index (χ4v) is 4.81. The molecule has 0 saturated carbocycles. The topological polar surface area (TPSA) is 103 Å². The maximum absolute atomic E-state index is 12.5. The van der Waals surface area contributed by atoms with Crippen LogP contribution in [0.4, 0.5) is 15.6 Å². The van der Waals surface area contributed by atoms with Crippen LogP contribution < -0.4 is 20.9 Å². The highest BCUT2D eigenvalue weighted by atomic mass is 32.1. The first-order valence-corrected chi connectivity index (χ1v) is 12.4. The average molecular weight is 492 g/mol. The van der Waals surface area contributed by atoms with Crippen LogP contribution in [-0.2, 0) is 15.0 Å². The fourth-order valence-electron chi connectivity index (χ4n) is 3.94. The van der Waals surface area contributed by atoms with E-state index >= 15 is 0 Å². The first-order chi connectivity index (χ1) is 16.8. The summed E-state index contributed by atoms with van der Waals surface area (Å²) in [5.41, 5.74) is 3.22. The van der Waals surface area contributed by atoms with Gasteiger partial charge in [-0.05, 0) is 36.6 Å². The van der Waals surface area contributed by atoms with Crippen LogP contribution in [0.3, 0.4) is 0 Å². The number of carbonyl (C=O) groups is 3. The largest absolute Gasteiger partial charge is 0.341 e. The van der Waals surface area contributed by atoms with Crippen molar-refractivity contribution in [1.82, 2.24) is 15.6 Å². The number of nitrogens with zero attached hydrogens (tertiary/aromatic N) is 2. The second-order valence-corrected chi connectivity index (χ2v) is 9.86. The lowest BCUT2D eigenvalue weighted by Crippen LogP contribution is -2.46. The normalized spacial score (nSPS) is 14.7. The molecule has 0 radical (unpaired) electrons. The van der Waals surface area contributed by atoms with Gasteiger partial charge >= 0.3 is 17.8 Å². The van der Waals surface area contributed by atoms with E-state index in [0.717, 1.165) is 28.9 Å². The maximum Gasteiger partial charge on any atom is 0.321 e. The van der Waals surface area contributed by atoms with Gasteiger partial charge in [-0.3, -0.25) is 19.8 Å². The summed E-state index contributed by atoms with van der Waals surface area (Å²) in [5, 5.41) is 10.4. The smallest absolute Gasteiger partial charge is 0.321 e. The molecule has 1 unspecified atom stereocenters. The van der Waals surface area contributed by atoms with Crippen LogP contribution in [0.25, 0.3) is 0 Å². The first-order valence-electron chi connectivity index (χ1n) is 11.5. The van der Waals surface area contributed by atoms with Crippen molar-refractivity contribution in [2.24, 2.45) is 0 Å². The molecule has 1 fully saturated rings. The first kappa shape index (κ1) is 24.4. The molecule has 4 rings (SSSR count). The zero-order valence-corrected chi connectivity index (χ0v) is 20.8. The summed E-state index contributed by atoms with van der Waals surface area (Å²) >= 11 is 1.29. The van der Waals surface area contributed by atoms with Gasteiger partial charge in [-0.1, -0.05) is 56.3 Å². The third-order valence-electron chi connectivity index (χ3n) is 6.20. The van der Waals surface area contributed by atoms with E-state index in [9.17, 15) is 14.4 Å². The van der Waals surface area contributed by atoms with Crippen LogP contribution in [0, 0.1) is 0 Å². The highest BCUT2D eigenvalue weighted by Gasteiger charge is 2.27.